The molecule has 0 heterocycles. The van der Waals surface area contributed by atoms with Gasteiger partial charge in [0, 0.05) is 5.75 Å². The fourth-order valence-electron chi connectivity index (χ4n) is 0.273. The maximum Gasteiger partial charge on any atom is 0.299 e. The highest BCUT2D eigenvalue weighted by Gasteiger charge is 1.92. The van der Waals surface area contributed by atoms with Gasteiger partial charge in [0.1, 0.15) is 0 Å². The monoisotopic (exact) mass is 213 g/mol. The normalized spacial score (nSPS) is 8.11. The number of halogens is 1. The van der Waals surface area contributed by atoms with Crippen LogP contribution in [0.15, 0.2) is 0 Å². The Morgan fingerprint density at radius 3 is 2.44 bits per heavy atom. The Balaban J connectivity index is 0. The molecule has 0 atom stereocenters. The number of amidine groups is 1. The summed E-state index contributed by atoms with van der Waals surface area (Å²) in [5.41, 5.74) is 10.4. The summed E-state index contributed by atoms with van der Waals surface area (Å²) in [5.74, 6) is 0.929. The minimum Gasteiger partial charge on any atom is -1.00 e. The van der Waals surface area contributed by atoms with E-state index in [0.717, 1.165) is 12.2 Å². The molecule has 0 amide bonds. The fraction of sp³-hybridized carbons (Fsp3) is 0.750. The number of rotatable bonds is 3. The number of nitrogens with two attached hydrogens (primary N) is 3. The second kappa shape index (κ2) is 8.26. The maximum absolute atomic E-state index is 5.21. The van der Waals surface area contributed by atoms with E-state index in [1.807, 2.05) is 0 Å². The first-order valence-corrected chi connectivity index (χ1v) is 3.46. The summed E-state index contributed by atoms with van der Waals surface area (Å²) >= 11 is 1.45. The van der Waals surface area contributed by atoms with Crippen LogP contribution >= 0.6 is 11.8 Å². The predicted octanol–water partition coefficient (Wildman–Crippen LogP) is -4.85. The van der Waals surface area contributed by atoms with E-state index in [1.165, 1.54) is 11.8 Å². The highest BCUT2D eigenvalue weighted by atomic mass is 79.9. The molecule has 0 aromatic carbocycles. The van der Waals surface area contributed by atoms with Crippen LogP contribution in [0.3, 0.4) is 0 Å². The van der Waals surface area contributed by atoms with Crippen LogP contribution in [-0.2, 0) is 0 Å². The molecule has 5 heteroatoms. The van der Waals surface area contributed by atoms with Crippen molar-refractivity contribution in [3.63, 3.8) is 0 Å². The molecule has 0 bridgehead atoms. The van der Waals surface area contributed by atoms with Gasteiger partial charge in [0.15, 0.2) is 0 Å². The van der Waals surface area contributed by atoms with E-state index >= 15 is 0 Å². The van der Waals surface area contributed by atoms with Crippen molar-refractivity contribution in [3.8, 4) is 0 Å². The summed E-state index contributed by atoms with van der Waals surface area (Å²) in [6, 6.07) is 0. The first-order chi connectivity index (χ1) is 3.77. The van der Waals surface area contributed by atoms with Gasteiger partial charge in [-0.15, -0.1) is 0 Å². The van der Waals surface area contributed by atoms with E-state index in [4.69, 9.17) is 16.9 Å². The number of hydrogen-bond acceptors (Lipinski definition) is 2. The van der Waals surface area contributed by atoms with E-state index in [0.29, 0.717) is 11.7 Å². The number of thioether (sulfide) groups is 1. The summed E-state index contributed by atoms with van der Waals surface area (Å²) < 4.78 is 0. The van der Waals surface area contributed by atoms with Crippen LogP contribution in [0.5, 0.6) is 0 Å². The van der Waals surface area contributed by atoms with Gasteiger partial charge in [-0.3, -0.25) is 11.1 Å². The van der Waals surface area contributed by atoms with Crippen molar-refractivity contribution in [3.05, 3.63) is 0 Å². The molecule has 0 aliphatic carbocycles. The molecule has 0 fully saturated rings. The molecule has 0 aliphatic rings. The maximum atomic E-state index is 5.21. The van der Waals surface area contributed by atoms with Gasteiger partial charge >= 0.3 is 0 Å². The zero-order chi connectivity index (χ0) is 6.41. The summed E-state index contributed by atoms with van der Waals surface area (Å²) in [6.07, 6.45) is 0.975. The van der Waals surface area contributed by atoms with Gasteiger partial charge in [-0.25, -0.2) is 0 Å². The molecule has 0 saturated heterocycles. The third-order valence-corrected chi connectivity index (χ3v) is 1.44. The smallest absolute Gasteiger partial charge is 0.299 e. The van der Waals surface area contributed by atoms with E-state index < -0.39 is 0 Å². The largest absolute Gasteiger partial charge is 1.00 e. The zero-order valence-corrected chi connectivity index (χ0v) is 7.54. The Kier molecular flexibility index (Phi) is 11.0. The molecule has 56 valence electrons. The van der Waals surface area contributed by atoms with Gasteiger partial charge in [-0.05, 0) is 24.7 Å². The standard InChI is InChI=1S/C4H11N3S.BrH/c5-2-1-3-8-4(6)7;/h1-3,5H2,(H3,6,7);1H. The van der Waals surface area contributed by atoms with Gasteiger partial charge in [0.25, 0.3) is 5.17 Å². The van der Waals surface area contributed by atoms with Gasteiger partial charge in [-0.1, -0.05) is 0 Å². The van der Waals surface area contributed by atoms with E-state index in [-0.39, 0.29) is 17.0 Å². The lowest BCUT2D eigenvalue weighted by atomic mass is 10.5. The predicted molar refractivity (Wildman–Crippen MR) is 37.2 cm³/mol. The Labute approximate surface area is 69.8 Å². The molecule has 0 aromatic rings. The van der Waals surface area contributed by atoms with Crippen LogP contribution in [0.4, 0.5) is 0 Å². The van der Waals surface area contributed by atoms with Gasteiger partial charge in [-0.2, -0.15) is 0 Å². The van der Waals surface area contributed by atoms with Crippen LogP contribution in [0.1, 0.15) is 6.42 Å². The topological polar surface area (TPSA) is 77.6 Å². The summed E-state index contributed by atoms with van der Waals surface area (Å²) in [6.45, 7) is 0.709. The molecule has 3 nitrogen and oxygen atoms in total. The lowest BCUT2D eigenvalue weighted by Gasteiger charge is -1.89. The molecule has 6 N–H and O–H groups in total. The average Bonchev–Trinajstić information content (AvgIpc) is 1.66. The van der Waals surface area contributed by atoms with Crippen LogP contribution in [0.2, 0.25) is 0 Å². The molecule has 0 aliphatic heterocycles. The van der Waals surface area contributed by atoms with Gasteiger partial charge in [0.05, 0.1) is 0 Å². The van der Waals surface area contributed by atoms with Crippen LogP contribution in [0, 0.1) is 0 Å². The average molecular weight is 214 g/mol. The third-order valence-electron chi connectivity index (χ3n) is 0.617. The van der Waals surface area contributed by atoms with E-state index in [2.05, 4.69) is 0 Å². The molecular formula is C4H12BrN3S. The Hall–Kier alpha value is 0.260. The van der Waals surface area contributed by atoms with Crippen molar-refractivity contribution in [2.75, 3.05) is 12.3 Å². The molecule has 0 aromatic heterocycles. The lowest BCUT2D eigenvalue weighted by molar-refractivity contribution is -0.110. The Morgan fingerprint density at radius 2 is 2.11 bits per heavy atom. The summed E-state index contributed by atoms with van der Waals surface area (Å²) in [7, 11) is 0. The molecule has 0 rings (SSSR count). The Morgan fingerprint density at radius 1 is 1.56 bits per heavy atom. The first kappa shape index (κ1) is 12.0. The molecular weight excluding hydrogens is 202 g/mol. The third kappa shape index (κ3) is 11.7. The molecule has 0 spiro atoms. The van der Waals surface area contributed by atoms with Gasteiger partial charge in [0.2, 0.25) is 0 Å². The summed E-state index contributed by atoms with van der Waals surface area (Å²) in [4.78, 5) is 0. The molecule has 0 saturated carbocycles. The van der Waals surface area contributed by atoms with Crippen LogP contribution in [0.25, 0.3) is 0 Å². The highest BCUT2D eigenvalue weighted by molar-refractivity contribution is 8.13. The second-order valence-electron chi connectivity index (χ2n) is 1.39. The van der Waals surface area contributed by atoms with Crippen LogP contribution in [-0.4, -0.2) is 17.5 Å². The molecule has 9 heavy (non-hydrogen) atoms. The minimum absolute atomic E-state index is 0. The quantitative estimate of drug-likeness (QED) is 0.250. The first-order valence-electron chi connectivity index (χ1n) is 2.48. The molecule has 0 radical (unpaired) electrons. The van der Waals surface area contributed by atoms with E-state index in [9.17, 15) is 0 Å². The van der Waals surface area contributed by atoms with Crippen molar-refractivity contribution < 1.29 is 22.4 Å². The van der Waals surface area contributed by atoms with Crippen molar-refractivity contribution >= 4 is 16.9 Å². The summed E-state index contributed by atoms with van der Waals surface area (Å²) in [5, 5.41) is 5.58. The lowest BCUT2D eigenvalue weighted by Crippen LogP contribution is -3.00. The zero-order valence-electron chi connectivity index (χ0n) is 5.14. The van der Waals surface area contributed by atoms with Crippen molar-refractivity contribution in [1.82, 2.24) is 0 Å². The number of hydrogen-bond donors (Lipinski definition) is 3. The van der Waals surface area contributed by atoms with Crippen molar-refractivity contribution in [2.24, 2.45) is 11.5 Å². The van der Waals surface area contributed by atoms with Gasteiger partial charge < -0.3 is 22.7 Å². The SMILES string of the molecule is NCCCSC(N)=[NH2+].[Br-]. The van der Waals surface area contributed by atoms with Crippen molar-refractivity contribution in [2.45, 2.75) is 6.42 Å². The molecule has 0 unspecified atom stereocenters. The van der Waals surface area contributed by atoms with Crippen LogP contribution < -0.4 is 33.9 Å². The second-order valence-corrected chi connectivity index (χ2v) is 2.56. The van der Waals surface area contributed by atoms with Crippen molar-refractivity contribution in [1.29, 1.82) is 0 Å². The Bertz CT molecular complexity index is 78.2. The fourth-order valence-corrected chi connectivity index (χ4v) is 0.820. The van der Waals surface area contributed by atoms with E-state index in [1.54, 1.807) is 0 Å². The highest BCUT2D eigenvalue weighted by Crippen LogP contribution is 1.95. The minimum atomic E-state index is 0.